The van der Waals surface area contributed by atoms with Crippen LogP contribution in [-0.4, -0.2) is 70.9 Å². The molecule has 31 heavy (non-hydrogen) atoms. The second-order valence-electron chi connectivity index (χ2n) is 7.52. The molecule has 3 aromatic heterocycles. The summed E-state index contributed by atoms with van der Waals surface area (Å²) in [5.41, 5.74) is 1.06. The Bertz CT molecular complexity index is 935. The number of imidazole rings is 2. The van der Waals surface area contributed by atoms with Gasteiger partial charge in [-0.05, 0) is 24.8 Å². The molecule has 4 rings (SSSR count). The Morgan fingerprint density at radius 1 is 0.935 bits per heavy atom. The highest BCUT2D eigenvalue weighted by atomic mass is 15.6. The number of aromatic amines is 2. The maximum absolute atomic E-state index is 4.49. The Labute approximate surface area is 182 Å². The van der Waals surface area contributed by atoms with Crippen LogP contribution in [-0.2, 0) is 19.6 Å². The van der Waals surface area contributed by atoms with Crippen molar-refractivity contribution in [2.45, 2.75) is 26.1 Å². The molecule has 0 saturated carbocycles. The van der Waals surface area contributed by atoms with Gasteiger partial charge in [0.15, 0.2) is 0 Å². The van der Waals surface area contributed by atoms with Crippen molar-refractivity contribution in [1.82, 2.24) is 39.7 Å². The van der Waals surface area contributed by atoms with Crippen molar-refractivity contribution in [3.63, 3.8) is 0 Å². The zero-order chi connectivity index (χ0) is 21.3. The molecule has 0 saturated heterocycles. The summed E-state index contributed by atoms with van der Waals surface area (Å²) in [7, 11) is 0. The van der Waals surface area contributed by atoms with E-state index >= 15 is 0 Å². The van der Waals surface area contributed by atoms with Gasteiger partial charge >= 0.3 is 0 Å². The molecule has 0 unspecified atom stereocenters. The second-order valence-corrected chi connectivity index (χ2v) is 7.52. The van der Waals surface area contributed by atoms with Gasteiger partial charge in [0.25, 0.3) is 0 Å². The van der Waals surface area contributed by atoms with Gasteiger partial charge in [0.2, 0.25) is 0 Å². The molecule has 0 radical (unpaired) electrons. The maximum atomic E-state index is 4.49. The SMILES string of the molecule is C=[N+]1[CH-]C=CN1CN(CCCN(Cc1ccccn1)Cc1ncc[nH]1)Cc1ncc[nH]1. The van der Waals surface area contributed by atoms with E-state index in [2.05, 4.69) is 52.5 Å². The summed E-state index contributed by atoms with van der Waals surface area (Å²) < 4.78 is 1.85. The van der Waals surface area contributed by atoms with Crippen LogP contribution < -0.4 is 0 Å². The molecule has 0 atom stereocenters. The fourth-order valence-electron chi connectivity index (χ4n) is 3.59. The maximum Gasteiger partial charge on any atom is 0.120 e. The molecule has 0 aromatic carbocycles. The highest BCUT2D eigenvalue weighted by Crippen LogP contribution is 2.11. The topological polar surface area (TPSA) is 83.0 Å². The zero-order valence-corrected chi connectivity index (χ0v) is 17.6. The second kappa shape index (κ2) is 10.6. The summed E-state index contributed by atoms with van der Waals surface area (Å²) in [6.07, 6.45) is 14.2. The van der Waals surface area contributed by atoms with Crippen molar-refractivity contribution < 1.29 is 4.68 Å². The van der Waals surface area contributed by atoms with Crippen molar-refractivity contribution in [3.05, 3.63) is 85.3 Å². The monoisotopic (exact) mass is 419 g/mol. The number of hydrogen-bond acceptors (Lipinski definition) is 6. The summed E-state index contributed by atoms with van der Waals surface area (Å²) in [5.74, 6) is 1.93. The standard InChI is InChI=1S/C22H29N9/c1-28-12-4-15-31(28)19-30(18-22-26-10-11-27-22)14-5-13-29(17-21-24-8-9-25-21)16-20-6-2-3-7-23-20/h2-4,6-12,15H,1,5,13-14,16-19H2,(H,24,25)(H,26,27). The number of hydrazone groups is 1. The van der Waals surface area contributed by atoms with E-state index in [1.54, 1.807) is 12.4 Å². The molecule has 0 fully saturated rings. The summed E-state index contributed by atoms with van der Waals surface area (Å²) >= 11 is 0. The van der Waals surface area contributed by atoms with E-state index in [0.29, 0.717) is 0 Å². The molecule has 1 aliphatic rings. The first-order chi connectivity index (χ1) is 15.3. The largest absolute Gasteiger partial charge is 0.348 e. The lowest BCUT2D eigenvalue weighted by atomic mass is 10.3. The van der Waals surface area contributed by atoms with Gasteiger partial charge in [-0.15, -0.1) is 0 Å². The molecule has 9 heteroatoms. The average Bonchev–Trinajstić information content (AvgIpc) is 3.54. The first-order valence-electron chi connectivity index (χ1n) is 10.5. The Hall–Kier alpha value is -3.43. The third-order valence-electron chi connectivity index (χ3n) is 5.11. The van der Waals surface area contributed by atoms with E-state index in [-0.39, 0.29) is 0 Å². The van der Waals surface area contributed by atoms with Crippen LogP contribution in [0.1, 0.15) is 23.8 Å². The van der Waals surface area contributed by atoms with Crippen molar-refractivity contribution >= 4 is 6.72 Å². The fourth-order valence-corrected chi connectivity index (χ4v) is 3.59. The van der Waals surface area contributed by atoms with Gasteiger partial charge in [0.05, 0.1) is 32.0 Å². The molecule has 9 nitrogen and oxygen atoms in total. The fraction of sp³-hybridized carbons (Fsp3) is 0.318. The van der Waals surface area contributed by atoms with Crippen LogP contribution in [0.3, 0.4) is 0 Å². The van der Waals surface area contributed by atoms with Crippen LogP contribution in [0.4, 0.5) is 0 Å². The lowest BCUT2D eigenvalue weighted by Gasteiger charge is -2.28. The number of pyridine rings is 1. The van der Waals surface area contributed by atoms with E-state index in [1.807, 2.05) is 54.2 Å². The minimum atomic E-state index is 0.746. The van der Waals surface area contributed by atoms with Gasteiger partial charge in [0.1, 0.15) is 18.3 Å². The third-order valence-corrected chi connectivity index (χ3v) is 5.11. The van der Waals surface area contributed by atoms with Crippen molar-refractivity contribution in [2.75, 3.05) is 19.8 Å². The highest BCUT2D eigenvalue weighted by Gasteiger charge is 2.17. The van der Waals surface area contributed by atoms with Gasteiger partial charge in [0, 0.05) is 50.6 Å². The molecule has 1 aliphatic heterocycles. The van der Waals surface area contributed by atoms with Gasteiger partial charge < -0.3 is 9.97 Å². The van der Waals surface area contributed by atoms with Gasteiger partial charge in [-0.2, -0.15) is 0 Å². The number of H-pyrrole nitrogens is 2. The van der Waals surface area contributed by atoms with Crippen LogP contribution in [0.25, 0.3) is 0 Å². The number of aromatic nitrogens is 5. The van der Waals surface area contributed by atoms with E-state index in [9.17, 15) is 0 Å². The van der Waals surface area contributed by atoms with Crippen LogP contribution in [0.5, 0.6) is 0 Å². The van der Waals surface area contributed by atoms with Crippen LogP contribution in [0.2, 0.25) is 0 Å². The predicted octanol–water partition coefficient (Wildman–Crippen LogP) is 2.00. The summed E-state index contributed by atoms with van der Waals surface area (Å²) in [4.78, 5) is 24.4. The van der Waals surface area contributed by atoms with Crippen LogP contribution in [0.15, 0.2) is 61.5 Å². The number of nitrogens with zero attached hydrogens (tertiary/aromatic N) is 7. The Kier molecular flexibility index (Phi) is 7.09. The molecular formula is C22H29N9. The zero-order valence-electron chi connectivity index (χ0n) is 17.6. The molecule has 0 spiro atoms. The smallest absolute Gasteiger partial charge is 0.120 e. The van der Waals surface area contributed by atoms with Gasteiger partial charge in [-0.25, -0.2) is 19.7 Å². The highest BCUT2D eigenvalue weighted by molar-refractivity contribution is 5.16. The van der Waals surface area contributed by atoms with E-state index < -0.39 is 0 Å². The van der Waals surface area contributed by atoms with Crippen molar-refractivity contribution in [2.24, 2.45) is 0 Å². The third kappa shape index (κ3) is 6.27. The molecule has 0 aliphatic carbocycles. The van der Waals surface area contributed by atoms with Gasteiger partial charge in [-0.1, -0.05) is 12.1 Å². The Morgan fingerprint density at radius 2 is 1.68 bits per heavy atom. The lowest BCUT2D eigenvalue weighted by molar-refractivity contribution is -0.628. The first-order valence-corrected chi connectivity index (χ1v) is 10.5. The Morgan fingerprint density at radius 3 is 2.29 bits per heavy atom. The van der Waals surface area contributed by atoms with Crippen molar-refractivity contribution in [3.8, 4) is 0 Å². The number of hydrogen-bond donors (Lipinski definition) is 2. The van der Waals surface area contributed by atoms with E-state index in [0.717, 1.165) is 63.2 Å². The van der Waals surface area contributed by atoms with Crippen molar-refractivity contribution in [1.29, 1.82) is 0 Å². The minimum absolute atomic E-state index is 0.746. The van der Waals surface area contributed by atoms with Gasteiger partial charge in [-0.3, -0.25) is 14.8 Å². The predicted molar refractivity (Wildman–Crippen MR) is 118 cm³/mol. The molecule has 3 aromatic rings. The summed E-state index contributed by atoms with van der Waals surface area (Å²) in [5, 5.41) is 2.08. The normalized spacial score (nSPS) is 13.5. The van der Waals surface area contributed by atoms with E-state index in [1.165, 1.54) is 0 Å². The minimum Gasteiger partial charge on any atom is -0.348 e. The molecule has 2 N–H and O–H groups in total. The molecule has 162 valence electrons. The molecule has 0 amide bonds. The lowest BCUT2D eigenvalue weighted by Crippen LogP contribution is -2.39. The summed E-state index contributed by atoms with van der Waals surface area (Å²) in [6, 6.07) is 6.05. The molecule has 0 bridgehead atoms. The number of nitrogens with one attached hydrogen (secondary N) is 2. The average molecular weight is 420 g/mol. The van der Waals surface area contributed by atoms with Crippen LogP contribution >= 0.6 is 0 Å². The summed E-state index contributed by atoms with van der Waals surface area (Å²) in [6.45, 7) is 10.9. The molecular weight excluding hydrogens is 390 g/mol. The Balaban J connectivity index is 1.36. The van der Waals surface area contributed by atoms with E-state index in [4.69, 9.17) is 0 Å². The number of rotatable bonds is 12. The molecule has 4 heterocycles. The first kappa shape index (κ1) is 20.8. The number of hydrazine groups is 1. The van der Waals surface area contributed by atoms with Crippen LogP contribution in [0, 0.1) is 6.54 Å². The quantitative estimate of drug-likeness (QED) is 0.345.